The van der Waals surface area contributed by atoms with Crippen molar-refractivity contribution in [3.05, 3.63) is 70.3 Å². The van der Waals surface area contributed by atoms with Gasteiger partial charge >= 0.3 is 0 Å². The Morgan fingerprint density at radius 2 is 1.91 bits per heavy atom. The lowest BCUT2D eigenvalue weighted by atomic mass is 10.2. The number of oxime groups is 1. The second-order valence-electron chi connectivity index (χ2n) is 4.51. The van der Waals surface area contributed by atoms with Gasteiger partial charge in [-0.25, -0.2) is 4.39 Å². The first kappa shape index (κ1) is 15.4. The van der Waals surface area contributed by atoms with Gasteiger partial charge in [0.25, 0.3) is 5.89 Å². The molecule has 0 N–H and O–H groups in total. The van der Waals surface area contributed by atoms with Crippen molar-refractivity contribution in [3.8, 4) is 11.5 Å². The average molecular weight is 376 g/mol. The maximum atomic E-state index is 13.4. The minimum atomic E-state index is -0.367. The molecule has 0 aliphatic carbocycles. The van der Waals surface area contributed by atoms with Crippen molar-refractivity contribution >= 4 is 22.1 Å². The van der Waals surface area contributed by atoms with Crippen LogP contribution in [-0.2, 0) is 11.4 Å². The fourth-order valence-electron chi connectivity index (χ4n) is 1.82. The van der Waals surface area contributed by atoms with Crippen LogP contribution in [0.3, 0.4) is 0 Å². The summed E-state index contributed by atoms with van der Waals surface area (Å²) in [6.45, 7) is 0.00239. The molecule has 0 aliphatic heterocycles. The molecular weight excluding hydrogens is 365 g/mol. The zero-order valence-corrected chi connectivity index (χ0v) is 13.4. The summed E-state index contributed by atoms with van der Waals surface area (Å²) in [4.78, 5) is 5.05. The fraction of sp³-hybridized carbons (Fsp3) is 0.0625. The van der Waals surface area contributed by atoms with Gasteiger partial charge in [0, 0.05) is 10.0 Å². The molecule has 0 atom stereocenters. The zero-order valence-electron chi connectivity index (χ0n) is 11.8. The number of benzene rings is 2. The first-order valence-corrected chi connectivity index (χ1v) is 7.50. The molecule has 1 aromatic heterocycles. The zero-order chi connectivity index (χ0) is 16.1. The van der Waals surface area contributed by atoms with Crippen molar-refractivity contribution in [1.29, 1.82) is 0 Å². The van der Waals surface area contributed by atoms with Crippen LogP contribution in [0.4, 0.5) is 4.39 Å². The highest BCUT2D eigenvalue weighted by atomic mass is 79.9. The highest BCUT2D eigenvalue weighted by Crippen LogP contribution is 2.26. The number of rotatable bonds is 5. The molecule has 0 saturated heterocycles. The van der Waals surface area contributed by atoms with E-state index in [9.17, 15) is 4.39 Å². The van der Waals surface area contributed by atoms with Gasteiger partial charge in [-0.1, -0.05) is 35.5 Å². The van der Waals surface area contributed by atoms with Gasteiger partial charge in [-0.15, -0.1) is 10.2 Å². The summed E-state index contributed by atoms with van der Waals surface area (Å²) in [7, 11) is 0. The number of nitrogens with zero attached hydrogens (tertiary/aromatic N) is 3. The summed E-state index contributed by atoms with van der Waals surface area (Å²) in [5.74, 6) is 0.296. The van der Waals surface area contributed by atoms with E-state index >= 15 is 0 Å². The van der Waals surface area contributed by atoms with E-state index in [1.54, 1.807) is 18.2 Å². The Morgan fingerprint density at radius 1 is 1.13 bits per heavy atom. The Labute approximate surface area is 139 Å². The molecule has 0 fully saturated rings. The van der Waals surface area contributed by atoms with Crippen LogP contribution in [-0.4, -0.2) is 16.4 Å². The van der Waals surface area contributed by atoms with E-state index in [-0.39, 0.29) is 18.3 Å². The third-order valence-electron chi connectivity index (χ3n) is 2.93. The first-order chi connectivity index (χ1) is 11.2. The third kappa shape index (κ3) is 3.81. The topological polar surface area (TPSA) is 60.5 Å². The second kappa shape index (κ2) is 7.15. The van der Waals surface area contributed by atoms with Gasteiger partial charge in [0.2, 0.25) is 5.89 Å². The van der Waals surface area contributed by atoms with Crippen LogP contribution in [0.2, 0.25) is 0 Å². The summed E-state index contributed by atoms with van der Waals surface area (Å²) in [6, 6.07) is 13.8. The molecule has 7 heteroatoms. The summed E-state index contributed by atoms with van der Waals surface area (Å²) in [5, 5.41) is 11.5. The monoisotopic (exact) mass is 375 g/mol. The predicted molar refractivity (Wildman–Crippen MR) is 86.2 cm³/mol. The maximum absolute atomic E-state index is 13.4. The van der Waals surface area contributed by atoms with E-state index in [4.69, 9.17) is 9.25 Å². The molecule has 0 unspecified atom stereocenters. The largest absolute Gasteiger partial charge is 0.417 e. The molecule has 0 radical (unpaired) electrons. The Hall–Kier alpha value is -2.54. The molecule has 0 bridgehead atoms. The minimum absolute atomic E-state index is 0.00239. The summed E-state index contributed by atoms with van der Waals surface area (Å²) >= 11 is 3.42. The summed E-state index contributed by atoms with van der Waals surface area (Å²) in [5.41, 5.74) is 1.13. The normalized spacial score (nSPS) is 11.0. The lowest BCUT2D eigenvalue weighted by Gasteiger charge is -1.97. The Kier molecular flexibility index (Phi) is 4.77. The molecule has 116 valence electrons. The Balaban J connectivity index is 1.62. The van der Waals surface area contributed by atoms with Crippen LogP contribution < -0.4 is 0 Å². The van der Waals surface area contributed by atoms with Crippen molar-refractivity contribution in [1.82, 2.24) is 10.2 Å². The SMILES string of the molecule is Fc1ccccc1/C=N\OCc1nnc(-c2ccccc2Br)o1. The molecule has 2 aromatic carbocycles. The lowest BCUT2D eigenvalue weighted by Crippen LogP contribution is -1.90. The first-order valence-electron chi connectivity index (χ1n) is 6.71. The van der Waals surface area contributed by atoms with Gasteiger partial charge in [0.1, 0.15) is 5.82 Å². The molecule has 5 nitrogen and oxygen atoms in total. The molecule has 0 saturated carbocycles. The second-order valence-corrected chi connectivity index (χ2v) is 5.36. The molecule has 3 rings (SSSR count). The number of hydrogen-bond acceptors (Lipinski definition) is 5. The fourth-order valence-corrected chi connectivity index (χ4v) is 2.28. The van der Waals surface area contributed by atoms with Crippen molar-refractivity contribution in [2.24, 2.45) is 5.16 Å². The van der Waals surface area contributed by atoms with Crippen LogP contribution in [0.15, 0.2) is 62.6 Å². The standard InChI is InChI=1S/C16H11BrFN3O2/c17-13-7-3-2-6-12(13)16-21-20-15(23-16)10-22-19-9-11-5-1-4-8-14(11)18/h1-9H,10H2/b19-9-. The highest BCUT2D eigenvalue weighted by molar-refractivity contribution is 9.10. The number of halogens is 2. The molecule has 1 heterocycles. The van der Waals surface area contributed by atoms with E-state index < -0.39 is 0 Å². The van der Waals surface area contributed by atoms with Gasteiger partial charge < -0.3 is 9.25 Å². The lowest BCUT2D eigenvalue weighted by molar-refractivity contribution is 0.112. The van der Waals surface area contributed by atoms with Gasteiger partial charge in [-0.2, -0.15) is 0 Å². The molecule has 23 heavy (non-hydrogen) atoms. The van der Waals surface area contributed by atoms with Gasteiger partial charge in [-0.3, -0.25) is 0 Å². The minimum Gasteiger partial charge on any atom is -0.417 e. The number of aromatic nitrogens is 2. The van der Waals surface area contributed by atoms with E-state index in [1.807, 2.05) is 24.3 Å². The molecule has 3 aromatic rings. The van der Waals surface area contributed by atoms with Crippen LogP contribution in [0.25, 0.3) is 11.5 Å². The molecule has 0 spiro atoms. The van der Waals surface area contributed by atoms with Crippen molar-refractivity contribution in [2.75, 3.05) is 0 Å². The summed E-state index contributed by atoms with van der Waals surface area (Å²) < 4.78 is 19.7. The third-order valence-corrected chi connectivity index (χ3v) is 3.62. The van der Waals surface area contributed by atoms with Crippen LogP contribution in [0.5, 0.6) is 0 Å². The van der Waals surface area contributed by atoms with Crippen molar-refractivity contribution in [2.45, 2.75) is 6.61 Å². The average Bonchev–Trinajstić information content (AvgIpc) is 3.02. The molecule has 0 amide bonds. The Bertz CT molecular complexity index is 835. The summed E-state index contributed by atoms with van der Waals surface area (Å²) in [6.07, 6.45) is 1.29. The van der Waals surface area contributed by atoms with Crippen molar-refractivity contribution < 1.29 is 13.6 Å². The van der Waals surface area contributed by atoms with Gasteiger partial charge in [0.15, 0.2) is 6.61 Å². The van der Waals surface area contributed by atoms with E-state index in [0.717, 1.165) is 10.0 Å². The van der Waals surface area contributed by atoms with E-state index in [0.29, 0.717) is 11.5 Å². The maximum Gasteiger partial charge on any atom is 0.257 e. The predicted octanol–water partition coefficient (Wildman–Crippen LogP) is 4.19. The highest BCUT2D eigenvalue weighted by Gasteiger charge is 2.11. The van der Waals surface area contributed by atoms with E-state index in [2.05, 4.69) is 31.3 Å². The van der Waals surface area contributed by atoms with Gasteiger partial charge in [0.05, 0.1) is 11.8 Å². The van der Waals surface area contributed by atoms with Gasteiger partial charge in [-0.05, 0) is 34.1 Å². The Morgan fingerprint density at radius 3 is 2.74 bits per heavy atom. The smallest absolute Gasteiger partial charge is 0.257 e. The van der Waals surface area contributed by atoms with Crippen LogP contribution in [0.1, 0.15) is 11.5 Å². The van der Waals surface area contributed by atoms with E-state index in [1.165, 1.54) is 12.3 Å². The number of hydrogen-bond donors (Lipinski definition) is 0. The molecule has 0 aliphatic rings. The quantitative estimate of drug-likeness (QED) is 0.495. The van der Waals surface area contributed by atoms with Crippen LogP contribution in [0, 0.1) is 5.82 Å². The molecular formula is C16H11BrFN3O2. The van der Waals surface area contributed by atoms with Crippen LogP contribution >= 0.6 is 15.9 Å². The van der Waals surface area contributed by atoms with Crippen molar-refractivity contribution in [3.63, 3.8) is 0 Å².